The molecule has 4 rings (SSSR count). The number of aliphatic hydroxyl groups is 1. The second-order valence-corrected chi connectivity index (χ2v) is 9.34. The zero-order valence-corrected chi connectivity index (χ0v) is 20.9. The number of carbonyl (C=O) groups excluding carboxylic acids is 1. The molecular formula is C26H23F4N5O2S. The number of nitrogens with zero attached hydrogens (tertiary/aromatic N) is 4. The van der Waals surface area contributed by atoms with Gasteiger partial charge in [-0.25, -0.2) is 4.39 Å². The maximum atomic E-state index is 13.4. The third-order valence-electron chi connectivity index (χ3n) is 5.63. The van der Waals surface area contributed by atoms with E-state index in [9.17, 15) is 27.5 Å². The van der Waals surface area contributed by atoms with Crippen LogP contribution in [0.2, 0.25) is 0 Å². The number of thioether (sulfide) groups is 1. The number of hydrogen-bond donors (Lipinski definition) is 2. The van der Waals surface area contributed by atoms with Crippen molar-refractivity contribution < 1.29 is 27.5 Å². The Morgan fingerprint density at radius 1 is 1.05 bits per heavy atom. The molecule has 0 spiro atoms. The molecule has 1 atom stereocenters. The molecule has 2 aromatic carbocycles. The number of carbonyl (C=O) groups is 1. The van der Waals surface area contributed by atoms with Gasteiger partial charge in [-0.05, 0) is 48.4 Å². The second-order valence-electron chi connectivity index (χ2n) is 8.40. The van der Waals surface area contributed by atoms with Crippen LogP contribution in [-0.4, -0.2) is 30.8 Å². The van der Waals surface area contributed by atoms with Crippen LogP contribution in [0.4, 0.5) is 17.6 Å². The van der Waals surface area contributed by atoms with E-state index in [4.69, 9.17) is 0 Å². The molecule has 0 saturated heterocycles. The number of hydrogen-bond acceptors (Lipinski definition) is 6. The smallest absolute Gasteiger partial charge is 0.390 e. The number of aromatic nitrogens is 4. The highest BCUT2D eigenvalue weighted by molar-refractivity contribution is 7.98. The van der Waals surface area contributed by atoms with Crippen molar-refractivity contribution in [2.45, 2.75) is 43.2 Å². The first-order valence-corrected chi connectivity index (χ1v) is 12.5. The van der Waals surface area contributed by atoms with E-state index in [1.165, 1.54) is 36.0 Å². The van der Waals surface area contributed by atoms with Gasteiger partial charge in [0, 0.05) is 11.9 Å². The van der Waals surface area contributed by atoms with Gasteiger partial charge >= 0.3 is 6.18 Å². The zero-order valence-electron chi connectivity index (χ0n) is 20.1. The van der Waals surface area contributed by atoms with Gasteiger partial charge in [-0.3, -0.25) is 14.3 Å². The number of benzene rings is 2. The highest BCUT2D eigenvalue weighted by Crippen LogP contribution is 2.32. The van der Waals surface area contributed by atoms with Crippen LogP contribution in [-0.2, 0) is 25.1 Å². The van der Waals surface area contributed by atoms with Gasteiger partial charge in [0.05, 0.1) is 36.0 Å². The molecule has 0 bridgehead atoms. The molecule has 2 aromatic heterocycles. The number of pyridine rings is 1. The van der Waals surface area contributed by atoms with Crippen molar-refractivity contribution in [3.05, 3.63) is 106 Å². The summed E-state index contributed by atoms with van der Waals surface area (Å²) in [5, 5.41) is 20.8. The Bertz CT molecular complexity index is 1390. The van der Waals surface area contributed by atoms with Crippen LogP contribution in [0.15, 0.2) is 72.0 Å². The van der Waals surface area contributed by atoms with E-state index in [1.54, 1.807) is 42.0 Å². The summed E-state index contributed by atoms with van der Waals surface area (Å²) < 4.78 is 55.3. The predicted octanol–water partition coefficient (Wildman–Crippen LogP) is 5.15. The minimum atomic E-state index is -4.69. The van der Waals surface area contributed by atoms with Crippen molar-refractivity contribution in [3.63, 3.8) is 0 Å². The van der Waals surface area contributed by atoms with E-state index in [0.717, 1.165) is 23.3 Å². The SMILES string of the molecule is C[C@H](NC(=O)c1ccccc1C(F)(F)F)c1nnc(SCc2ccc(F)cc2)n1Cc1ccc(CO)nc1. The average molecular weight is 546 g/mol. The monoisotopic (exact) mass is 545 g/mol. The van der Waals surface area contributed by atoms with Crippen LogP contribution in [0, 0.1) is 5.82 Å². The molecule has 38 heavy (non-hydrogen) atoms. The number of amides is 1. The van der Waals surface area contributed by atoms with E-state index in [0.29, 0.717) is 22.4 Å². The summed E-state index contributed by atoms with van der Waals surface area (Å²) in [6.07, 6.45) is -3.10. The number of alkyl halides is 3. The fourth-order valence-electron chi connectivity index (χ4n) is 3.70. The van der Waals surface area contributed by atoms with Gasteiger partial charge in [0.1, 0.15) is 5.82 Å². The largest absolute Gasteiger partial charge is 0.417 e. The molecule has 12 heteroatoms. The lowest BCUT2D eigenvalue weighted by atomic mass is 10.1. The maximum Gasteiger partial charge on any atom is 0.417 e. The van der Waals surface area contributed by atoms with Crippen molar-refractivity contribution in [3.8, 4) is 0 Å². The third-order valence-corrected chi connectivity index (χ3v) is 6.67. The van der Waals surface area contributed by atoms with Crippen molar-refractivity contribution >= 4 is 17.7 Å². The Labute approximate surface area is 219 Å². The summed E-state index contributed by atoms with van der Waals surface area (Å²) in [5.41, 5.74) is 0.580. The van der Waals surface area contributed by atoms with Crippen molar-refractivity contribution in [2.75, 3.05) is 0 Å². The summed E-state index contributed by atoms with van der Waals surface area (Å²) in [5.74, 6) is -0.454. The van der Waals surface area contributed by atoms with E-state index in [1.807, 2.05) is 0 Å². The van der Waals surface area contributed by atoms with Gasteiger partial charge in [0.2, 0.25) is 0 Å². The molecule has 2 heterocycles. The van der Waals surface area contributed by atoms with Gasteiger partial charge in [-0.1, -0.05) is 42.1 Å². The normalized spacial score (nSPS) is 12.4. The number of nitrogens with one attached hydrogen (secondary N) is 1. The standard InChI is InChI=1S/C26H23F4N5O2S/c1-16(32-24(37)21-4-2-3-5-22(21)26(28,29)30)23-33-34-25(38-15-17-6-9-19(27)10-7-17)35(23)13-18-8-11-20(14-36)31-12-18/h2-12,16,36H,13-15H2,1H3,(H,32,37)/t16-/m0/s1. The highest BCUT2D eigenvalue weighted by Gasteiger charge is 2.35. The summed E-state index contributed by atoms with van der Waals surface area (Å²) in [6, 6.07) is 13.2. The Hall–Kier alpha value is -3.77. The summed E-state index contributed by atoms with van der Waals surface area (Å²) in [6.45, 7) is 1.65. The first-order chi connectivity index (χ1) is 18.2. The lowest BCUT2D eigenvalue weighted by molar-refractivity contribution is -0.137. The molecule has 2 N–H and O–H groups in total. The molecule has 0 saturated carbocycles. The number of rotatable bonds is 9. The van der Waals surface area contributed by atoms with Gasteiger partial charge in [-0.15, -0.1) is 10.2 Å². The van der Waals surface area contributed by atoms with Gasteiger partial charge in [0.15, 0.2) is 11.0 Å². The molecule has 0 unspecified atom stereocenters. The maximum absolute atomic E-state index is 13.4. The molecule has 0 fully saturated rings. The zero-order chi connectivity index (χ0) is 27.3. The molecule has 198 valence electrons. The lowest BCUT2D eigenvalue weighted by Crippen LogP contribution is -2.30. The Morgan fingerprint density at radius 3 is 2.42 bits per heavy atom. The summed E-state index contributed by atoms with van der Waals surface area (Å²) in [4.78, 5) is 17.0. The molecule has 0 aliphatic rings. The molecule has 4 aromatic rings. The molecule has 1 amide bonds. The predicted molar refractivity (Wildman–Crippen MR) is 133 cm³/mol. The summed E-state index contributed by atoms with van der Waals surface area (Å²) in [7, 11) is 0. The third kappa shape index (κ3) is 6.56. The van der Waals surface area contributed by atoms with Gasteiger partial charge in [0.25, 0.3) is 5.91 Å². The first kappa shape index (κ1) is 27.3. The Balaban J connectivity index is 1.60. The second kappa shape index (κ2) is 11.7. The minimum absolute atomic E-state index is 0.209. The van der Waals surface area contributed by atoms with Crippen LogP contribution in [0.25, 0.3) is 0 Å². The molecule has 0 aliphatic heterocycles. The fourth-order valence-corrected chi connectivity index (χ4v) is 4.60. The Kier molecular flexibility index (Phi) is 8.42. The van der Waals surface area contributed by atoms with Gasteiger partial charge < -0.3 is 10.4 Å². The van der Waals surface area contributed by atoms with E-state index >= 15 is 0 Å². The topological polar surface area (TPSA) is 92.9 Å². The van der Waals surface area contributed by atoms with E-state index < -0.39 is 29.3 Å². The molecule has 0 aliphatic carbocycles. The van der Waals surface area contributed by atoms with Crippen molar-refractivity contribution in [1.29, 1.82) is 0 Å². The van der Waals surface area contributed by atoms with Crippen molar-refractivity contribution in [2.24, 2.45) is 0 Å². The minimum Gasteiger partial charge on any atom is -0.390 e. The van der Waals surface area contributed by atoms with E-state index in [-0.39, 0.29) is 19.0 Å². The number of halogens is 4. The fraction of sp³-hybridized carbons (Fsp3) is 0.231. The quantitative estimate of drug-likeness (QED) is 0.223. The lowest BCUT2D eigenvalue weighted by Gasteiger charge is -2.18. The number of aliphatic hydroxyl groups excluding tert-OH is 1. The average Bonchev–Trinajstić information content (AvgIpc) is 3.30. The van der Waals surface area contributed by atoms with Gasteiger partial charge in [-0.2, -0.15) is 13.2 Å². The van der Waals surface area contributed by atoms with Crippen molar-refractivity contribution in [1.82, 2.24) is 25.1 Å². The Morgan fingerprint density at radius 2 is 1.76 bits per heavy atom. The first-order valence-electron chi connectivity index (χ1n) is 11.5. The van der Waals surface area contributed by atoms with Crippen LogP contribution in [0.1, 0.15) is 51.5 Å². The van der Waals surface area contributed by atoms with E-state index in [2.05, 4.69) is 20.5 Å². The highest BCUT2D eigenvalue weighted by atomic mass is 32.2. The van der Waals surface area contributed by atoms with Crippen LogP contribution >= 0.6 is 11.8 Å². The van der Waals surface area contributed by atoms with Crippen LogP contribution in [0.3, 0.4) is 0 Å². The summed E-state index contributed by atoms with van der Waals surface area (Å²) >= 11 is 1.34. The molecular weight excluding hydrogens is 522 g/mol. The van der Waals surface area contributed by atoms with Crippen LogP contribution in [0.5, 0.6) is 0 Å². The van der Waals surface area contributed by atoms with Crippen LogP contribution < -0.4 is 5.32 Å². The molecule has 0 radical (unpaired) electrons. The molecule has 7 nitrogen and oxygen atoms in total.